The summed E-state index contributed by atoms with van der Waals surface area (Å²) in [5.74, 6) is -0.286. The number of likely N-dealkylation sites (N-methyl/N-ethyl adjacent to an activating group) is 1. The molecule has 158 valence electrons. The summed E-state index contributed by atoms with van der Waals surface area (Å²) in [5, 5.41) is 5.13. The molecule has 2 heterocycles. The van der Waals surface area contributed by atoms with Crippen LogP contribution in [0.15, 0.2) is 47.8 Å². The number of benzene rings is 2. The molecule has 1 aliphatic heterocycles. The second-order valence-corrected chi connectivity index (χ2v) is 8.69. The molecule has 7 nitrogen and oxygen atoms in total. The number of nitrogens with one attached hydrogen (secondary N) is 1. The van der Waals surface area contributed by atoms with Crippen molar-refractivity contribution in [3.05, 3.63) is 59.0 Å². The highest BCUT2D eigenvalue weighted by atomic mass is 32.1. The number of hydrogen-bond donors (Lipinski definition) is 1. The van der Waals surface area contributed by atoms with E-state index in [0.29, 0.717) is 16.4 Å². The van der Waals surface area contributed by atoms with Crippen LogP contribution in [0.2, 0.25) is 0 Å². The number of thiazole rings is 1. The molecule has 0 atom stereocenters. The van der Waals surface area contributed by atoms with Crippen molar-refractivity contribution in [1.29, 1.82) is 0 Å². The van der Waals surface area contributed by atoms with Gasteiger partial charge in [0.15, 0.2) is 5.13 Å². The molecule has 0 bridgehead atoms. The van der Waals surface area contributed by atoms with Gasteiger partial charge in [-0.3, -0.25) is 19.7 Å². The van der Waals surface area contributed by atoms with Crippen molar-refractivity contribution in [2.45, 2.75) is 26.2 Å². The molecule has 1 N–H and O–H groups in total. The minimum absolute atomic E-state index is 0.0607. The van der Waals surface area contributed by atoms with E-state index in [2.05, 4.69) is 10.3 Å². The maximum Gasteiger partial charge on any atom is 0.308 e. The van der Waals surface area contributed by atoms with E-state index in [9.17, 15) is 14.4 Å². The van der Waals surface area contributed by atoms with Gasteiger partial charge in [-0.1, -0.05) is 6.07 Å². The van der Waals surface area contributed by atoms with Crippen molar-refractivity contribution < 1.29 is 19.1 Å². The second-order valence-electron chi connectivity index (χ2n) is 7.83. The van der Waals surface area contributed by atoms with Crippen LogP contribution >= 0.6 is 11.3 Å². The molecule has 0 spiro atoms. The zero-order chi connectivity index (χ0) is 22.3. The minimum atomic E-state index is -0.592. The topological polar surface area (TPSA) is 88.6 Å². The summed E-state index contributed by atoms with van der Waals surface area (Å²) >= 11 is 1.32. The Bertz CT molecular complexity index is 1200. The van der Waals surface area contributed by atoms with Crippen LogP contribution < -0.4 is 15.0 Å². The normalized spacial score (nSPS) is 14.3. The first-order chi connectivity index (χ1) is 14.7. The van der Waals surface area contributed by atoms with E-state index in [4.69, 9.17) is 4.74 Å². The predicted octanol–water partition coefficient (Wildman–Crippen LogP) is 4.24. The molecule has 0 unspecified atom stereocenters. The van der Waals surface area contributed by atoms with Crippen LogP contribution in [0.3, 0.4) is 0 Å². The highest BCUT2D eigenvalue weighted by Gasteiger charge is 2.42. The lowest BCUT2D eigenvalue weighted by atomic mass is 9.85. The van der Waals surface area contributed by atoms with E-state index in [1.54, 1.807) is 36.2 Å². The van der Waals surface area contributed by atoms with Gasteiger partial charge in [-0.25, -0.2) is 4.98 Å². The fourth-order valence-electron chi connectivity index (χ4n) is 3.61. The van der Waals surface area contributed by atoms with Crippen LogP contribution in [-0.4, -0.2) is 29.8 Å². The molecule has 4 rings (SSSR count). The lowest BCUT2D eigenvalue weighted by Crippen LogP contribution is -2.33. The Labute approximate surface area is 183 Å². The molecule has 0 radical (unpaired) electrons. The Kier molecular flexibility index (Phi) is 5.10. The van der Waals surface area contributed by atoms with Gasteiger partial charge in [0.1, 0.15) is 5.75 Å². The van der Waals surface area contributed by atoms with Crippen LogP contribution in [0, 0.1) is 0 Å². The van der Waals surface area contributed by atoms with Crippen LogP contribution in [0.4, 0.5) is 10.8 Å². The van der Waals surface area contributed by atoms with Crippen LogP contribution in [0.5, 0.6) is 5.75 Å². The number of rotatable bonds is 4. The Morgan fingerprint density at radius 1 is 1.13 bits per heavy atom. The molecule has 0 aliphatic carbocycles. The largest absolute Gasteiger partial charge is 0.427 e. The molecule has 0 saturated heterocycles. The molecule has 8 heteroatoms. The van der Waals surface area contributed by atoms with Gasteiger partial charge < -0.3 is 9.64 Å². The van der Waals surface area contributed by atoms with Crippen molar-refractivity contribution >= 4 is 39.9 Å². The summed E-state index contributed by atoms with van der Waals surface area (Å²) in [6.45, 7) is 5.15. The van der Waals surface area contributed by atoms with E-state index >= 15 is 0 Å². The molecule has 2 aromatic carbocycles. The molecule has 31 heavy (non-hydrogen) atoms. The number of carbonyl (C=O) groups is 3. The number of hydrogen-bond acceptors (Lipinski definition) is 6. The fourth-order valence-corrected chi connectivity index (χ4v) is 4.32. The van der Waals surface area contributed by atoms with Gasteiger partial charge in [0.05, 0.1) is 11.1 Å². The zero-order valence-electron chi connectivity index (χ0n) is 17.6. The number of ether oxygens (including phenoxy) is 1. The molecular weight excluding hydrogens is 414 g/mol. The highest BCUT2D eigenvalue weighted by molar-refractivity contribution is 7.14. The van der Waals surface area contributed by atoms with Crippen molar-refractivity contribution in [2.75, 3.05) is 17.3 Å². The first-order valence-electron chi connectivity index (χ1n) is 9.65. The lowest BCUT2D eigenvalue weighted by molar-refractivity contribution is -0.131. The van der Waals surface area contributed by atoms with Crippen LogP contribution in [-0.2, 0) is 15.0 Å². The quantitative estimate of drug-likeness (QED) is 0.489. The van der Waals surface area contributed by atoms with Gasteiger partial charge in [0.25, 0.3) is 5.91 Å². The summed E-state index contributed by atoms with van der Waals surface area (Å²) in [4.78, 5) is 42.2. The van der Waals surface area contributed by atoms with Gasteiger partial charge in [0.2, 0.25) is 5.91 Å². The Balaban J connectivity index is 1.52. The smallest absolute Gasteiger partial charge is 0.308 e. The third-order valence-electron chi connectivity index (χ3n) is 5.27. The van der Waals surface area contributed by atoms with Gasteiger partial charge in [-0.05, 0) is 55.8 Å². The third-order valence-corrected chi connectivity index (χ3v) is 6.03. The lowest BCUT2D eigenvalue weighted by Gasteiger charge is -2.16. The molecule has 2 amide bonds. The van der Waals surface area contributed by atoms with Gasteiger partial charge >= 0.3 is 5.97 Å². The number of amides is 2. The van der Waals surface area contributed by atoms with Crippen molar-refractivity contribution in [2.24, 2.45) is 0 Å². The second kappa shape index (κ2) is 7.63. The van der Waals surface area contributed by atoms with Gasteiger partial charge in [-0.2, -0.15) is 0 Å². The number of aromatic nitrogens is 1. The first-order valence-corrected chi connectivity index (χ1v) is 10.5. The number of anilines is 2. The summed E-state index contributed by atoms with van der Waals surface area (Å²) in [5.41, 5.74) is 3.31. The number of carbonyl (C=O) groups excluding carboxylic acids is 3. The first kappa shape index (κ1) is 20.7. The molecule has 1 aromatic heterocycles. The Morgan fingerprint density at radius 2 is 1.84 bits per heavy atom. The van der Waals surface area contributed by atoms with Crippen molar-refractivity contribution in [3.8, 4) is 17.0 Å². The average molecular weight is 436 g/mol. The number of esters is 1. The Morgan fingerprint density at radius 3 is 2.52 bits per heavy atom. The fraction of sp³-hybridized carbons (Fsp3) is 0.217. The van der Waals surface area contributed by atoms with E-state index in [1.165, 1.54) is 18.3 Å². The zero-order valence-corrected chi connectivity index (χ0v) is 18.4. The molecule has 0 fully saturated rings. The monoisotopic (exact) mass is 435 g/mol. The summed E-state index contributed by atoms with van der Waals surface area (Å²) in [7, 11) is 1.78. The van der Waals surface area contributed by atoms with Crippen LogP contribution in [0.25, 0.3) is 11.3 Å². The summed E-state index contributed by atoms with van der Waals surface area (Å²) in [6.07, 6.45) is 0. The summed E-state index contributed by atoms with van der Waals surface area (Å²) in [6, 6.07) is 12.1. The minimum Gasteiger partial charge on any atom is -0.427 e. The van der Waals surface area contributed by atoms with Crippen molar-refractivity contribution in [1.82, 2.24) is 4.98 Å². The van der Waals surface area contributed by atoms with Crippen molar-refractivity contribution in [3.63, 3.8) is 0 Å². The van der Waals surface area contributed by atoms with Gasteiger partial charge in [0, 0.05) is 36.2 Å². The summed E-state index contributed by atoms with van der Waals surface area (Å²) < 4.78 is 4.97. The number of nitrogens with zero attached hydrogens (tertiary/aromatic N) is 2. The van der Waals surface area contributed by atoms with Crippen LogP contribution in [0.1, 0.15) is 36.7 Å². The van der Waals surface area contributed by atoms with E-state index in [0.717, 1.165) is 22.5 Å². The molecule has 0 saturated carbocycles. The third kappa shape index (κ3) is 3.82. The predicted molar refractivity (Wildman–Crippen MR) is 120 cm³/mol. The number of fused-ring (bicyclic) bond motifs is 1. The van der Waals surface area contributed by atoms with Gasteiger partial charge in [-0.15, -0.1) is 11.3 Å². The molecular formula is C23H21N3O4S. The standard InChI is InChI=1S/C23H21N3O4S/c1-13(27)30-16-8-5-14(6-9-16)20(28)25-22-24-18(12-31-22)15-7-10-19-17(11-15)23(2,3)21(29)26(19)4/h5-12H,1-4H3,(H,24,25,28). The molecule has 3 aromatic rings. The SMILES string of the molecule is CC(=O)Oc1ccc(C(=O)Nc2nc(-c3ccc4c(c3)C(C)(C)C(=O)N4C)cs2)cc1. The average Bonchev–Trinajstić information content (AvgIpc) is 3.26. The van der Waals surface area contributed by atoms with E-state index in [1.807, 2.05) is 37.4 Å². The Hall–Kier alpha value is -3.52. The maximum absolute atomic E-state index is 12.5. The van der Waals surface area contributed by atoms with E-state index < -0.39 is 11.4 Å². The highest BCUT2D eigenvalue weighted by Crippen LogP contribution is 2.42. The molecule has 1 aliphatic rings. The van der Waals surface area contributed by atoms with E-state index in [-0.39, 0.29) is 11.8 Å². The maximum atomic E-state index is 12.5.